The molecule has 0 fully saturated rings. The molecule has 1 aromatic carbocycles. The number of sulfonamides is 1. The van der Waals surface area contributed by atoms with Gasteiger partial charge in [-0.05, 0) is 24.3 Å². The number of nitrogens with one attached hydrogen (secondary N) is 1. The maximum Gasteiger partial charge on any atom is 0.238 e. The fourth-order valence-electron chi connectivity index (χ4n) is 1.39. The van der Waals surface area contributed by atoms with Gasteiger partial charge in [0.1, 0.15) is 0 Å². The molecule has 7 nitrogen and oxygen atoms in total. The lowest BCUT2D eigenvalue weighted by atomic mass is 10.3. The SMILES string of the molecule is CC(=O)c1nn(-c2ccc(S(N)(=O)=O)cc2)c(=N)s1. The van der Waals surface area contributed by atoms with Crippen LogP contribution in [0.25, 0.3) is 5.69 Å². The van der Waals surface area contributed by atoms with Crippen molar-refractivity contribution in [1.29, 1.82) is 5.41 Å². The average Bonchev–Trinajstić information content (AvgIpc) is 2.70. The molecule has 9 heteroatoms. The van der Waals surface area contributed by atoms with Gasteiger partial charge >= 0.3 is 0 Å². The third kappa shape index (κ3) is 2.78. The Labute approximate surface area is 112 Å². The van der Waals surface area contributed by atoms with E-state index >= 15 is 0 Å². The Bertz CT molecular complexity index is 787. The third-order valence-corrected chi connectivity index (χ3v) is 4.15. The molecule has 0 amide bonds. The minimum atomic E-state index is -3.75. The predicted octanol–water partition coefficient (Wildman–Crippen LogP) is 0.263. The molecular weight excluding hydrogens is 288 g/mol. The number of nitrogens with zero attached hydrogens (tertiary/aromatic N) is 2. The van der Waals surface area contributed by atoms with Gasteiger partial charge in [0.15, 0.2) is 10.8 Å². The number of carbonyl (C=O) groups is 1. The maximum atomic E-state index is 11.2. The summed E-state index contributed by atoms with van der Waals surface area (Å²) in [6.45, 7) is 1.37. The summed E-state index contributed by atoms with van der Waals surface area (Å²) in [6, 6.07) is 5.59. The fourth-order valence-corrected chi connectivity index (χ4v) is 2.58. The van der Waals surface area contributed by atoms with Gasteiger partial charge in [-0.25, -0.2) is 18.2 Å². The van der Waals surface area contributed by atoms with E-state index in [1.807, 2.05) is 0 Å². The van der Waals surface area contributed by atoms with E-state index in [-0.39, 0.29) is 20.5 Å². The molecule has 100 valence electrons. The van der Waals surface area contributed by atoms with E-state index < -0.39 is 10.0 Å². The highest BCUT2D eigenvalue weighted by molar-refractivity contribution is 7.89. The lowest BCUT2D eigenvalue weighted by molar-refractivity contribution is 0.101. The molecule has 0 aliphatic rings. The van der Waals surface area contributed by atoms with Crippen LogP contribution in [0.1, 0.15) is 16.7 Å². The molecule has 0 saturated heterocycles. The van der Waals surface area contributed by atoms with E-state index in [4.69, 9.17) is 10.5 Å². The number of carbonyl (C=O) groups excluding carboxylic acids is 1. The Balaban J connectivity index is 2.49. The first-order valence-corrected chi connectivity index (χ1v) is 7.44. The highest BCUT2D eigenvalue weighted by atomic mass is 32.2. The first-order valence-electron chi connectivity index (χ1n) is 5.08. The van der Waals surface area contributed by atoms with Gasteiger partial charge < -0.3 is 0 Å². The van der Waals surface area contributed by atoms with Crippen molar-refractivity contribution < 1.29 is 13.2 Å². The number of hydrogen-bond acceptors (Lipinski definition) is 6. The Kier molecular flexibility index (Phi) is 3.35. The number of benzene rings is 1. The minimum absolute atomic E-state index is 0.0228. The summed E-state index contributed by atoms with van der Waals surface area (Å²) in [6.07, 6.45) is 0. The number of ketones is 1. The molecule has 0 bridgehead atoms. The van der Waals surface area contributed by atoms with Crippen LogP contribution in [-0.2, 0) is 10.0 Å². The fraction of sp³-hybridized carbons (Fsp3) is 0.100. The molecular formula is C10H10N4O3S2. The van der Waals surface area contributed by atoms with E-state index in [0.29, 0.717) is 5.69 Å². The first kappa shape index (κ1) is 13.6. The number of Topliss-reactive ketones (excluding diaryl/α,β-unsaturated/α-hetero) is 1. The monoisotopic (exact) mass is 298 g/mol. The smallest absolute Gasteiger partial charge is 0.238 e. The molecule has 0 unspecified atom stereocenters. The van der Waals surface area contributed by atoms with Gasteiger partial charge in [-0.1, -0.05) is 11.3 Å². The summed E-state index contributed by atoms with van der Waals surface area (Å²) >= 11 is 0.953. The topological polar surface area (TPSA) is 119 Å². The normalized spacial score (nSPS) is 11.5. The van der Waals surface area contributed by atoms with Gasteiger partial charge in [-0.3, -0.25) is 10.2 Å². The number of aromatic nitrogens is 2. The van der Waals surface area contributed by atoms with Gasteiger partial charge in [0.05, 0.1) is 10.6 Å². The Morgan fingerprint density at radius 3 is 2.37 bits per heavy atom. The van der Waals surface area contributed by atoms with Crippen molar-refractivity contribution >= 4 is 27.1 Å². The summed E-state index contributed by atoms with van der Waals surface area (Å²) in [5.74, 6) is -0.224. The molecule has 2 rings (SSSR count). The number of nitrogens with two attached hydrogens (primary N) is 1. The van der Waals surface area contributed by atoms with Crippen LogP contribution in [-0.4, -0.2) is 24.0 Å². The van der Waals surface area contributed by atoms with E-state index in [1.165, 1.54) is 35.9 Å². The van der Waals surface area contributed by atoms with Crippen molar-refractivity contribution in [2.75, 3.05) is 0 Å². The van der Waals surface area contributed by atoms with Gasteiger partial charge in [0.2, 0.25) is 14.8 Å². The predicted molar refractivity (Wildman–Crippen MR) is 68.7 cm³/mol. The van der Waals surface area contributed by atoms with Gasteiger partial charge in [0, 0.05) is 6.92 Å². The quantitative estimate of drug-likeness (QED) is 0.790. The molecule has 0 spiro atoms. The molecule has 0 radical (unpaired) electrons. The second-order valence-electron chi connectivity index (χ2n) is 3.72. The van der Waals surface area contributed by atoms with E-state index in [0.717, 1.165) is 11.3 Å². The van der Waals surface area contributed by atoms with Crippen molar-refractivity contribution in [3.63, 3.8) is 0 Å². The standard InChI is InChI=1S/C10H10N4O3S2/c1-6(15)9-13-14(10(11)18-9)7-2-4-8(5-3-7)19(12,16)17/h2-5,11H,1H3,(H2,12,16,17). The van der Waals surface area contributed by atoms with Crippen molar-refractivity contribution in [3.05, 3.63) is 34.1 Å². The zero-order valence-corrected chi connectivity index (χ0v) is 11.5. The van der Waals surface area contributed by atoms with Crippen LogP contribution in [0.5, 0.6) is 0 Å². The molecule has 0 aliphatic heterocycles. The zero-order chi connectivity index (χ0) is 14.2. The number of rotatable bonds is 3. The molecule has 1 heterocycles. The first-order chi connectivity index (χ1) is 8.79. The zero-order valence-electron chi connectivity index (χ0n) is 9.82. The molecule has 0 aliphatic carbocycles. The highest BCUT2D eigenvalue weighted by Crippen LogP contribution is 2.12. The summed E-state index contributed by atoms with van der Waals surface area (Å²) in [7, 11) is -3.75. The summed E-state index contributed by atoms with van der Waals surface area (Å²) in [5, 5.41) is 16.9. The maximum absolute atomic E-state index is 11.2. The summed E-state index contributed by atoms with van der Waals surface area (Å²) in [4.78, 5) is 11.2. The van der Waals surface area contributed by atoms with Crippen molar-refractivity contribution in [3.8, 4) is 5.69 Å². The largest absolute Gasteiger partial charge is 0.292 e. The number of hydrogen-bond donors (Lipinski definition) is 2. The molecule has 3 N–H and O–H groups in total. The third-order valence-electron chi connectivity index (χ3n) is 2.29. The van der Waals surface area contributed by atoms with E-state index in [1.54, 1.807) is 0 Å². The molecule has 0 saturated carbocycles. The molecule has 19 heavy (non-hydrogen) atoms. The van der Waals surface area contributed by atoms with E-state index in [2.05, 4.69) is 5.10 Å². The molecule has 1 aromatic heterocycles. The van der Waals surface area contributed by atoms with Crippen LogP contribution in [0.2, 0.25) is 0 Å². The molecule has 2 aromatic rings. The second-order valence-corrected chi connectivity index (χ2v) is 6.26. The lowest BCUT2D eigenvalue weighted by Gasteiger charge is -2.02. The average molecular weight is 298 g/mol. The number of primary sulfonamides is 1. The van der Waals surface area contributed by atoms with Crippen molar-refractivity contribution in [2.45, 2.75) is 11.8 Å². The summed E-state index contributed by atoms with van der Waals surface area (Å²) < 4.78 is 23.5. The van der Waals surface area contributed by atoms with Crippen LogP contribution in [0, 0.1) is 5.41 Å². The van der Waals surface area contributed by atoms with Crippen molar-refractivity contribution in [2.24, 2.45) is 5.14 Å². The Morgan fingerprint density at radius 2 is 1.95 bits per heavy atom. The van der Waals surface area contributed by atoms with Crippen LogP contribution < -0.4 is 9.94 Å². The second kappa shape index (κ2) is 4.68. The van der Waals surface area contributed by atoms with Gasteiger partial charge in [0.25, 0.3) is 0 Å². The van der Waals surface area contributed by atoms with Crippen LogP contribution in [0.3, 0.4) is 0 Å². The van der Waals surface area contributed by atoms with Crippen LogP contribution in [0.15, 0.2) is 29.2 Å². The van der Waals surface area contributed by atoms with Gasteiger partial charge in [-0.15, -0.1) is 0 Å². The van der Waals surface area contributed by atoms with Gasteiger partial charge in [-0.2, -0.15) is 5.10 Å². The van der Waals surface area contributed by atoms with Crippen LogP contribution >= 0.6 is 11.3 Å². The highest BCUT2D eigenvalue weighted by Gasteiger charge is 2.11. The van der Waals surface area contributed by atoms with E-state index in [9.17, 15) is 13.2 Å². The minimum Gasteiger partial charge on any atom is -0.292 e. The lowest BCUT2D eigenvalue weighted by Crippen LogP contribution is -2.14. The van der Waals surface area contributed by atoms with Crippen LogP contribution in [0.4, 0.5) is 0 Å². The summed E-state index contributed by atoms with van der Waals surface area (Å²) in [5.41, 5.74) is 0.487. The Morgan fingerprint density at radius 1 is 1.37 bits per heavy atom. The van der Waals surface area contributed by atoms with Crippen molar-refractivity contribution in [1.82, 2.24) is 9.78 Å². The Hall–Kier alpha value is -1.84. The molecule has 0 atom stereocenters.